The van der Waals surface area contributed by atoms with Crippen LogP contribution in [0, 0.1) is 0 Å². The van der Waals surface area contributed by atoms with Crippen molar-refractivity contribution >= 4 is 16.6 Å². The van der Waals surface area contributed by atoms with Crippen LogP contribution in [0.25, 0.3) is 16.6 Å². The highest BCUT2D eigenvalue weighted by Gasteiger charge is 2.12. The second-order valence-corrected chi connectivity index (χ2v) is 5.13. The molecule has 0 saturated heterocycles. The van der Waals surface area contributed by atoms with Crippen LogP contribution in [0.5, 0.6) is 5.88 Å². The van der Waals surface area contributed by atoms with Gasteiger partial charge in [0.15, 0.2) is 0 Å². The minimum absolute atomic E-state index is 0.723. The molecule has 0 saturated carbocycles. The number of unbranched alkanes of at least 4 members (excludes halogenated alkanes) is 1. The van der Waals surface area contributed by atoms with Crippen LogP contribution in [0.3, 0.4) is 0 Å². The predicted molar refractivity (Wildman–Crippen MR) is 82.0 cm³/mol. The van der Waals surface area contributed by atoms with Crippen molar-refractivity contribution in [2.24, 2.45) is 0 Å². The average molecular weight is 271 g/mol. The van der Waals surface area contributed by atoms with Gasteiger partial charge in [0.1, 0.15) is 0 Å². The first-order valence-corrected chi connectivity index (χ1v) is 7.39. The number of ether oxygens (including phenoxy) is 1. The number of aromatic nitrogens is 2. The first kappa shape index (κ1) is 13.2. The van der Waals surface area contributed by atoms with E-state index in [2.05, 4.69) is 40.5 Å². The maximum absolute atomic E-state index is 5.71. The van der Waals surface area contributed by atoms with Crippen LogP contribution >= 0.6 is 0 Å². The molecule has 4 nitrogen and oxygen atoms in total. The molecule has 0 spiro atoms. The van der Waals surface area contributed by atoms with E-state index in [1.54, 1.807) is 0 Å². The van der Waals surface area contributed by atoms with Crippen molar-refractivity contribution in [2.45, 2.75) is 26.2 Å². The number of fused-ring (bicyclic) bond motifs is 1. The Kier molecular flexibility index (Phi) is 4.02. The van der Waals surface area contributed by atoms with Crippen LogP contribution in [0.1, 0.15) is 31.7 Å². The second kappa shape index (κ2) is 6.09. The normalized spacial score (nSPS) is 15.3. The minimum Gasteiger partial charge on any atom is -0.478 e. The Balaban J connectivity index is 1.89. The summed E-state index contributed by atoms with van der Waals surface area (Å²) >= 11 is 0. The van der Waals surface area contributed by atoms with Gasteiger partial charge in [-0.25, -0.2) is 4.98 Å². The van der Waals surface area contributed by atoms with Gasteiger partial charge in [-0.05, 0) is 31.0 Å². The van der Waals surface area contributed by atoms with E-state index in [1.807, 2.05) is 6.07 Å². The molecule has 0 atom stereocenters. The van der Waals surface area contributed by atoms with Gasteiger partial charge in [-0.1, -0.05) is 19.4 Å². The van der Waals surface area contributed by atoms with E-state index in [0.717, 1.165) is 55.9 Å². The molecule has 0 aliphatic carbocycles. The maximum Gasteiger partial charge on any atom is 0.213 e. The zero-order chi connectivity index (χ0) is 13.8. The summed E-state index contributed by atoms with van der Waals surface area (Å²) in [5.41, 5.74) is 4.67. The molecule has 0 unspecified atom stereocenters. The van der Waals surface area contributed by atoms with Gasteiger partial charge in [-0.15, -0.1) is 0 Å². The number of nitrogens with one attached hydrogen (secondary N) is 2. The van der Waals surface area contributed by atoms with Crippen LogP contribution in [-0.2, 0) is 0 Å². The molecule has 106 valence electrons. The van der Waals surface area contributed by atoms with Gasteiger partial charge >= 0.3 is 0 Å². The maximum atomic E-state index is 5.71. The van der Waals surface area contributed by atoms with Crippen molar-refractivity contribution in [3.8, 4) is 5.88 Å². The first-order valence-electron chi connectivity index (χ1n) is 7.39. The Bertz CT molecular complexity index is 615. The van der Waals surface area contributed by atoms with Gasteiger partial charge < -0.3 is 15.0 Å². The van der Waals surface area contributed by atoms with Crippen LogP contribution in [0.15, 0.2) is 24.4 Å². The molecule has 3 rings (SSSR count). The van der Waals surface area contributed by atoms with Gasteiger partial charge in [-0.3, -0.25) is 0 Å². The lowest BCUT2D eigenvalue weighted by Gasteiger charge is -2.13. The quantitative estimate of drug-likeness (QED) is 0.821. The molecule has 0 bridgehead atoms. The number of hydrogen-bond acceptors (Lipinski definition) is 3. The van der Waals surface area contributed by atoms with E-state index < -0.39 is 0 Å². The lowest BCUT2D eigenvalue weighted by Crippen LogP contribution is -2.19. The van der Waals surface area contributed by atoms with Gasteiger partial charge in [0, 0.05) is 24.4 Å². The zero-order valence-corrected chi connectivity index (χ0v) is 11.9. The van der Waals surface area contributed by atoms with Gasteiger partial charge in [0.05, 0.1) is 17.6 Å². The Morgan fingerprint density at radius 1 is 1.35 bits per heavy atom. The Morgan fingerprint density at radius 3 is 3.10 bits per heavy atom. The summed E-state index contributed by atoms with van der Waals surface area (Å²) in [6.07, 6.45) is 7.56. The number of aromatic amines is 1. The molecule has 1 aliphatic rings. The molecule has 0 fully saturated rings. The zero-order valence-electron chi connectivity index (χ0n) is 11.9. The van der Waals surface area contributed by atoms with Gasteiger partial charge in [-0.2, -0.15) is 0 Å². The molecule has 1 aliphatic heterocycles. The molecule has 2 aromatic rings. The van der Waals surface area contributed by atoms with Crippen LogP contribution in [0.2, 0.25) is 0 Å². The second-order valence-electron chi connectivity index (χ2n) is 5.13. The Morgan fingerprint density at radius 2 is 2.30 bits per heavy atom. The number of nitrogens with zero attached hydrogens (tertiary/aromatic N) is 1. The molecular formula is C16H21N3O. The lowest BCUT2D eigenvalue weighted by atomic mass is 10.0. The highest BCUT2D eigenvalue weighted by atomic mass is 16.5. The third kappa shape index (κ3) is 2.70. The van der Waals surface area contributed by atoms with Crippen molar-refractivity contribution in [3.05, 3.63) is 30.0 Å². The fourth-order valence-corrected chi connectivity index (χ4v) is 2.49. The summed E-state index contributed by atoms with van der Waals surface area (Å²) in [6.45, 7) is 4.87. The monoisotopic (exact) mass is 271 g/mol. The molecule has 0 aromatic carbocycles. The van der Waals surface area contributed by atoms with Gasteiger partial charge in [0.25, 0.3) is 0 Å². The van der Waals surface area contributed by atoms with Crippen LogP contribution < -0.4 is 10.1 Å². The number of H-pyrrole nitrogens is 1. The van der Waals surface area contributed by atoms with Crippen LogP contribution in [-0.4, -0.2) is 29.7 Å². The van der Waals surface area contributed by atoms with E-state index in [4.69, 9.17) is 4.74 Å². The number of pyridine rings is 1. The van der Waals surface area contributed by atoms with Crippen molar-refractivity contribution in [2.75, 3.05) is 19.7 Å². The third-order valence-corrected chi connectivity index (χ3v) is 3.65. The van der Waals surface area contributed by atoms with Crippen molar-refractivity contribution < 1.29 is 4.74 Å². The van der Waals surface area contributed by atoms with E-state index in [1.165, 1.54) is 11.1 Å². The fourth-order valence-electron chi connectivity index (χ4n) is 2.49. The topological polar surface area (TPSA) is 49.9 Å². The summed E-state index contributed by atoms with van der Waals surface area (Å²) in [7, 11) is 0. The molecular weight excluding hydrogens is 250 g/mol. The Labute approximate surface area is 119 Å². The lowest BCUT2D eigenvalue weighted by molar-refractivity contribution is 0.299. The highest BCUT2D eigenvalue weighted by Crippen LogP contribution is 2.28. The van der Waals surface area contributed by atoms with E-state index in [0.29, 0.717) is 0 Å². The van der Waals surface area contributed by atoms with E-state index in [9.17, 15) is 0 Å². The summed E-state index contributed by atoms with van der Waals surface area (Å²) in [6, 6.07) is 3.99. The van der Waals surface area contributed by atoms with Crippen molar-refractivity contribution in [1.82, 2.24) is 15.3 Å². The first-order chi connectivity index (χ1) is 9.88. The predicted octanol–water partition coefficient (Wildman–Crippen LogP) is 3.12. The number of hydrogen-bond donors (Lipinski definition) is 2. The summed E-state index contributed by atoms with van der Waals surface area (Å²) < 4.78 is 5.71. The van der Waals surface area contributed by atoms with Gasteiger partial charge in [0.2, 0.25) is 5.88 Å². The molecule has 2 aromatic heterocycles. The standard InChI is InChI=1S/C16H21N3O/c1-2-3-10-20-15-5-4-14-16(19-15)13(11-18-14)12-6-8-17-9-7-12/h4-6,11,17-18H,2-3,7-10H2,1H3. The third-order valence-electron chi connectivity index (χ3n) is 3.65. The highest BCUT2D eigenvalue weighted by molar-refractivity contribution is 5.90. The number of rotatable bonds is 5. The van der Waals surface area contributed by atoms with E-state index >= 15 is 0 Å². The molecule has 20 heavy (non-hydrogen) atoms. The molecule has 4 heteroatoms. The van der Waals surface area contributed by atoms with Crippen LogP contribution in [0.4, 0.5) is 0 Å². The molecule has 0 radical (unpaired) electrons. The summed E-state index contributed by atoms with van der Waals surface area (Å²) in [5.74, 6) is 0.723. The fraction of sp³-hybridized carbons (Fsp3) is 0.438. The largest absolute Gasteiger partial charge is 0.478 e. The molecule has 2 N–H and O–H groups in total. The molecule has 3 heterocycles. The average Bonchev–Trinajstić information content (AvgIpc) is 2.91. The smallest absolute Gasteiger partial charge is 0.213 e. The SMILES string of the molecule is CCCCOc1ccc2[nH]cc(C3=CCNCC3)c2n1. The minimum atomic E-state index is 0.723. The van der Waals surface area contributed by atoms with Crippen molar-refractivity contribution in [3.63, 3.8) is 0 Å². The molecule has 0 amide bonds. The summed E-state index contributed by atoms with van der Waals surface area (Å²) in [5, 5.41) is 3.34. The Hall–Kier alpha value is -1.81. The van der Waals surface area contributed by atoms with Crippen molar-refractivity contribution in [1.29, 1.82) is 0 Å². The van der Waals surface area contributed by atoms with E-state index in [-0.39, 0.29) is 0 Å². The summed E-state index contributed by atoms with van der Waals surface area (Å²) in [4.78, 5) is 7.97.